The van der Waals surface area contributed by atoms with Crippen molar-refractivity contribution in [3.8, 4) is 0 Å². The van der Waals surface area contributed by atoms with E-state index in [0.29, 0.717) is 6.29 Å². The van der Waals surface area contributed by atoms with Crippen LogP contribution in [0.15, 0.2) is 12.4 Å². The number of rotatable bonds is 7. The summed E-state index contributed by atoms with van der Waals surface area (Å²) in [6, 6.07) is 0. The Morgan fingerprint density at radius 1 is 1.58 bits per heavy atom. The molecule has 7 nitrogen and oxygen atoms in total. The van der Waals surface area contributed by atoms with Gasteiger partial charge in [-0.05, 0) is 7.05 Å². The maximum absolute atomic E-state index is 12.9. The lowest BCUT2D eigenvalue weighted by Crippen LogP contribution is -2.42. The minimum atomic E-state index is -1.14. The molecule has 1 heterocycles. The first-order valence-electron chi connectivity index (χ1n) is 5.38. The smallest absolute Gasteiger partial charge is 0.504 e. The fourth-order valence-electron chi connectivity index (χ4n) is 1.27. The highest BCUT2D eigenvalue weighted by molar-refractivity contribution is 6.61. The van der Waals surface area contributed by atoms with Crippen LogP contribution >= 0.6 is 0 Å². The third kappa shape index (κ3) is 5.10. The number of aromatic nitrogens is 2. The number of hydrogen-bond acceptors (Lipinski definition) is 7. The van der Waals surface area contributed by atoms with Gasteiger partial charge in [-0.2, -0.15) is 4.39 Å². The first kappa shape index (κ1) is 15.2. The van der Waals surface area contributed by atoms with Crippen molar-refractivity contribution in [2.75, 3.05) is 27.2 Å². The molecule has 0 aliphatic heterocycles. The number of aldehydes is 1. The number of carbonyl (C=O) groups is 2. The van der Waals surface area contributed by atoms with Crippen molar-refractivity contribution in [2.24, 2.45) is 0 Å². The second-order valence-corrected chi connectivity index (χ2v) is 3.69. The highest BCUT2D eigenvalue weighted by Crippen LogP contribution is 1.93. The summed E-state index contributed by atoms with van der Waals surface area (Å²) in [5.41, 5.74) is 0.0499. The standard InChI is InChI=1S/C10H13BFN3O4/c1-15(3-4-16)7-10(17)19-11(18-2)8-5-13-6-9(12)14-8/h4-6H,3,7H2,1-2H3. The van der Waals surface area contributed by atoms with Gasteiger partial charge in [0.25, 0.3) is 0 Å². The van der Waals surface area contributed by atoms with Gasteiger partial charge >= 0.3 is 13.1 Å². The fourth-order valence-corrected chi connectivity index (χ4v) is 1.27. The summed E-state index contributed by atoms with van der Waals surface area (Å²) in [6.07, 6.45) is 2.83. The van der Waals surface area contributed by atoms with Gasteiger partial charge in [0.05, 0.1) is 19.3 Å². The number of hydrogen-bond donors (Lipinski definition) is 0. The molecule has 0 unspecified atom stereocenters. The van der Waals surface area contributed by atoms with Crippen LogP contribution in [0, 0.1) is 5.95 Å². The number of likely N-dealkylation sites (N-methyl/N-ethyl adjacent to an activating group) is 1. The minimum Gasteiger partial charge on any atom is -0.504 e. The lowest BCUT2D eigenvalue weighted by Gasteiger charge is -2.15. The second kappa shape index (κ2) is 7.54. The lowest BCUT2D eigenvalue weighted by molar-refractivity contribution is -0.136. The Bertz CT molecular complexity index is 449. The summed E-state index contributed by atoms with van der Waals surface area (Å²) in [4.78, 5) is 30.4. The second-order valence-electron chi connectivity index (χ2n) is 3.69. The van der Waals surface area contributed by atoms with Gasteiger partial charge in [0.15, 0.2) is 0 Å². The predicted octanol–water partition coefficient (Wildman–Crippen LogP) is -1.37. The van der Waals surface area contributed by atoms with Gasteiger partial charge in [-0.15, -0.1) is 0 Å². The van der Waals surface area contributed by atoms with Crippen molar-refractivity contribution in [1.82, 2.24) is 14.9 Å². The van der Waals surface area contributed by atoms with Gasteiger partial charge in [-0.3, -0.25) is 14.7 Å². The van der Waals surface area contributed by atoms with Crippen LogP contribution < -0.4 is 5.59 Å². The summed E-state index contributed by atoms with van der Waals surface area (Å²) in [5, 5.41) is 0. The van der Waals surface area contributed by atoms with E-state index >= 15 is 0 Å². The SMILES string of the molecule is COB(OC(=O)CN(C)CC=O)c1cncc(F)n1. The Morgan fingerprint density at radius 2 is 2.32 bits per heavy atom. The van der Waals surface area contributed by atoms with Crippen molar-refractivity contribution in [3.63, 3.8) is 0 Å². The zero-order valence-corrected chi connectivity index (χ0v) is 10.6. The molecule has 0 amide bonds. The predicted molar refractivity (Wildman–Crippen MR) is 64.0 cm³/mol. The molecular formula is C10H13BFN3O4. The van der Waals surface area contributed by atoms with E-state index in [2.05, 4.69) is 9.97 Å². The molecule has 0 aliphatic rings. The van der Waals surface area contributed by atoms with Crippen molar-refractivity contribution in [2.45, 2.75) is 0 Å². The van der Waals surface area contributed by atoms with Gasteiger partial charge in [0.2, 0.25) is 5.95 Å². The highest BCUT2D eigenvalue weighted by atomic mass is 19.1. The highest BCUT2D eigenvalue weighted by Gasteiger charge is 2.27. The maximum Gasteiger partial charge on any atom is 0.585 e. The largest absolute Gasteiger partial charge is 0.585 e. The first-order valence-corrected chi connectivity index (χ1v) is 5.38. The van der Waals surface area contributed by atoms with E-state index in [4.69, 9.17) is 9.31 Å². The Balaban J connectivity index is 2.62. The van der Waals surface area contributed by atoms with Crippen molar-refractivity contribution in [3.05, 3.63) is 18.3 Å². The zero-order chi connectivity index (χ0) is 14.3. The molecule has 0 radical (unpaired) electrons. The van der Waals surface area contributed by atoms with Crippen LogP contribution in [0.4, 0.5) is 4.39 Å². The average Bonchev–Trinajstić information content (AvgIpc) is 2.36. The minimum absolute atomic E-state index is 0.0499. The van der Waals surface area contributed by atoms with Gasteiger partial charge in [-0.1, -0.05) is 0 Å². The Morgan fingerprint density at radius 3 is 2.89 bits per heavy atom. The molecule has 0 aliphatic carbocycles. The molecule has 0 saturated heterocycles. The number of carbonyl (C=O) groups excluding carboxylic acids is 2. The molecule has 0 saturated carbocycles. The number of nitrogens with zero attached hydrogens (tertiary/aromatic N) is 3. The summed E-state index contributed by atoms with van der Waals surface area (Å²) in [5.74, 6) is -1.42. The summed E-state index contributed by atoms with van der Waals surface area (Å²) >= 11 is 0. The molecule has 102 valence electrons. The molecule has 9 heteroatoms. The Kier molecular flexibility index (Phi) is 6.03. The summed E-state index contributed by atoms with van der Waals surface area (Å²) in [6.45, 7) is 0.00780. The molecule has 0 N–H and O–H groups in total. The fraction of sp³-hybridized carbons (Fsp3) is 0.400. The van der Waals surface area contributed by atoms with E-state index in [-0.39, 0.29) is 18.7 Å². The molecule has 0 aromatic carbocycles. The Hall–Kier alpha value is -1.87. The molecule has 0 spiro atoms. The van der Waals surface area contributed by atoms with E-state index in [0.717, 1.165) is 6.20 Å². The third-order valence-corrected chi connectivity index (χ3v) is 2.10. The summed E-state index contributed by atoms with van der Waals surface area (Å²) < 4.78 is 22.8. The molecule has 0 bridgehead atoms. The van der Waals surface area contributed by atoms with E-state index in [1.165, 1.54) is 18.2 Å². The molecule has 1 rings (SSSR count). The molecule has 0 fully saturated rings. The van der Waals surface area contributed by atoms with Crippen LogP contribution in [0.25, 0.3) is 0 Å². The van der Waals surface area contributed by atoms with Crippen LogP contribution in [0.1, 0.15) is 0 Å². The van der Waals surface area contributed by atoms with Crippen molar-refractivity contribution >= 4 is 25.0 Å². The van der Waals surface area contributed by atoms with Crippen LogP contribution in [0.2, 0.25) is 0 Å². The van der Waals surface area contributed by atoms with Crippen LogP contribution in [-0.4, -0.2) is 61.5 Å². The van der Waals surface area contributed by atoms with Crippen molar-refractivity contribution < 1.29 is 23.3 Å². The Labute approximate surface area is 109 Å². The number of halogens is 1. The molecule has 0 atom stereocenters. The first-order chi connectivity index (χ1) is 9.06. The zero-order valence-electron chi connectivity index (χ0n) is 10.6. The van der Waals surface area contributed by atoms with E-state index in [1.54, 1.807) is 7.05 Å². The molecule has 1 aromatic heterocycles. The van der Waals surface area contributed by atoms with Gasteiger partial charge in [0.1, 0.15) is 11.9 Å². The summed E-state index contributed by atoms with van der Waals surface area (Å²) in [7, 11) is 1.74. The van der Waals surface area contributed by atoms with E-state index in [1.807, 2.05) is 0 Å². The van der Waals surface area contributed by atoms with E-state index in [9.17, 15) is 14.0 Å². The maximum atomic E-state index is 12.9. The van der Waals surface area contributed by atoms with Crippen LogP contribution in [0.3, 0.4) is 0 Å². The van der Waals surface area contributed by atoms with Gasteiger partial charge in [0, 0.05) is 13.3 Å². The van der Waals surface area contributed by atoms with Gasteiger partial charge < -0.3 is 14.1 Å². The molecular weight excluding hydrogens is 256 g/mol. The molecule has 19 heavy (non-hydrogen) atoms. The quantitative estimate of drug-likeness (QED) is 0.446. The van der Waals surface area contributed by atoms with Gasteiger partial charge in [-0.25, -0.2) is 4.98 Å². The van der Waals surface area contributed by atoms with Crippen LogP contribution in [0.5, 0.6) is 0 Å². The third-order valence-electron chi connectivity index (χ3n) is 2.10. The lowest BCUT2D eigenvalue weighted by atomic mass is 9.85. The average molecular weight is 269 g/mol. The monoisotopic (exact) mass is 269 g/mol. The molecule has 1 aromatic rings. The van der Waals surface area contributed by atoms with Crippen LogP contribution in [-0.2, 0) is 18.9 Å². The van der Waals surface area contributed by atoms with E-state index < -0.39 is 19.0 Å². The van der Waals surface area contributed by atoms with Crippen molar-refractivity contribution in [1.29, 1.82) is 0 Å². The topological polar surface area (TPSA) is 81.6 Å². The normalized spacial score (nSPS) is 10.3.